The lowest BCUT2D eigenvalue weighted by Crippen LogP contribution is -2.31. The predicted octanol–water partition coefficient (Wildman–Crippen LogP) is 2.79. The molecule has 0 aliphatic carbocycles. The molecule has 2 aromatic carbocycles. The Kier molecular flexibility index (Phi) is 6.39. The molecule has 3 N–H and O–H groups in total. The fraction of sp³-hybridized carbons (Fsp3) is 0.316. The van der Waals surface area contributed by atoms with E-state index in [0.29, 0.717) is 30.0 Å². The number of amides is 1. The van der Waals surface area contributed by atoms with Crippen molar-refractivity contribution in [2.45, 2.75) is 32.1 Å². The van der Waals surface area contributed by atoms with Crippen molar-refractivity contribution in [3.8, 4) is 0 Å². The number of aryl methyl sites for hydroxylation is 1. The monoisotopic (exact) mass is 375 g/mol. The second-order valence-corrected chi connectivity index (χ2v) is 7.94. The standard InChI is InChI=1S/C19H25N3O3S/c1-4-22(5-2)26(24,25)18-13-17(11-6-14(18)3)21-19(23)12-15-7-9-16(20)10-8-15/h6-11,13H,4-5,12,20H2,1-3H3,(H,21,23). The van der Waals surface area contributed by atoms with Gasteiger partial charge in [0.25, 0.3) is 0 Å². The molecule has 2 aromatic rings. The maximum Gasteiger partial charge on any atom is 0.243 e. The molecule has 0 atom stereocenters. The van der Waals surface area contributed by atoms with Crippen LogP contribution in [0.3, 0.4) is 0 Å². The van der Waals surface area contributed by atoms with Crippen LogP contribution in [0.2, 0.25) is 0 Å². The second kappa shape index (κ2) is 8.33. The molecule has 140 valence electrons. The minimum Gasteiger partial charge on any atom is -0.399 e. The van der Waals surface area contributed by atoms with Crippen molar-refractivity contribution in [1.29, 1.82) is 0 Å². The van der Waals surface area contributed by atoms with E-state index in [1.807, 2.05) is 0 Å². The first-order chi connectivity index (χ1) is 12.3. The third-order valence-electron chi connectivity index (χ3n) is 4.14. The molecule has 0 aliphatic heterocycles. The zero-order valence-electron chi connectivity index (χ0n) is 15.3. The molecule has 0 radical (unpaired) electrons. The van der Waals surface area contributed by atoms with Gasteiger partial charge in [-0.05, 0) is 42.3 Å². The SMILES string of the molecule is CCN(CC)S(=O)(=O)c1cc(NC(=O)Cc2ccc(N)cc2)ccc1C. The van der Waals surface area contributed by atoms with Gasteiger partial charge in [0.1, 0.15) is 0 Å². The third kappa shape index (κ3) is 4.62. The Morgan fingerprint density at radius 3 is 2.27 bits per heavy atom. The normalized spacial score (nSPS) is 11.5. The quantitative estimate of drug-likeness (QED) is 0.728. The summed E-state index contributed by atoms with van der Waals surface area (Å²) in [6.45, 7) is 6.14. The van der Waals surface area contributed by atoms with E-state index in [9.17, 15) is 13.2 Å². The second-order valence-electron chi connectivity index (χ2n) is 6.04. The molecule has 0 saturated carbocycles. The number of benzene rings is 2. The van der Waals surface area contributed by atoms with Crippen LogP contribution in [0.15, 0.2) is 47.4 Å². The summed E-state index contributed by atoms with van der Waals surface area (Å²) < 4.78 is 27.0. The first-order valence-corrected chi connectivity index (χ1v) is 9.97. The maximum absolute atomic E-state index is 12.8. The summed E-state index contributed by atoms with van der Waals surface area (Å²) in [5, 5.41) is 2.77. The Hall–Kier alpha value is -2.38. The lowest BCUT2D eigenvalue weighted by molar-refractivity contribution is -0.115. The van der Waals surface area contributed by atoms with Crippen LogP contribution in [0.5, 0.6) is 0 Å². The van der Waals surface area contributed by atoms with Crippen LogP contribution < -0.4 is 11.1 Å². The number of sulfonamides is 1. The molecule has 0 spiro atoms. The Morgan fingerprint density at radius 1 is 1.08 bits per heavy atom. The third-order valence-corrected chi connectivity index (χ3v) is 6.33. The van der Waals surface area contributed by atoms with Crippen LogP contribution in [0.4, 0.5) is 11.4 Å². The van der Waals surface area contributed by atoms with Gasteiger partial charge in [0, 0.05) is 24.5 Å². The number of hydrogen-bond donors (Lipinski definition) is 2. The summed E-state index contributed by atoms with van der Waals surface area (Å²) in [4.78, 5) is 12.5. The van der Waals surface area contributed by atoms with Crippen molar-refractivity contribution in [2.75, 3.05) is 24.1 Å². The van der Waals surface area contributed by atoms with Crippen molar-refractivity contribution in [1.82, 2.24) is 4.31 Å². The molecular weight excluding hydrogens is 350 g/mol. The fourth-order valence-corrected chi connectivity index (χ4v) is 4.39. The van der Waals surface area contributed by atoms with Gasteiger partial charge in [-0.15, -0.1) is 0 Å². The molecule has 7 heteroatoms. The molecule has 0 aromatic heterocycles. The molecule has 0 saturated heterocycles. The minimum absolute atomic E-state index is 0.187. The number of nitrogens with one attached hydrogen (secondary N) is 1. The predicted molar refractivity (Wildman–Crippen MR) is 104 cm³/mol. The zero-order chi connectivity index (χ0) is 19.3. The van der Waals surface area contributed by atoms with Gasteiger partial charge in [0.15, 0.2) is 0 Å². The highest BCUT2D eigenvalue weighted by atomic mass is 32.2. The van der Waals surface area contributed by atoms with Gasteiger partial charge in [-0.25, -0.2) is 8.42 Å². The summed E-state index contributed by atoms with van der Waals surface area (Å²) in [6.07, 6.45) is 0.187. The van der Waals surface area contributed by atoms with Gasteiger partial charge in [-0.1, -0.05) is 32.0 Å². The Labute approximate surface area is 155 Å². The van der Waals surface area contributed by atoms with Gasteiger partial charge in [0.05, 0.1) is 11.3 Å². The summed E-state index contributed by atoms with van der Waals surface area (Å²) in [5.74, 6) is -0.218. The number of anilines is 2. The van der Waals surface area contributed by atoms with Gasteiger partial charge < -0.3 is 11.1 Å². The summed E-state index contributed by atoms with van der Waals surface area (Å²) >= 11 is 0. The highest BCUT2D eigenvalue weighted by Crippen LogP contribution is 2.23. The van der Waals surface area contributed by atoms with Crippen molar-refractivity contribution < 1.29 is 13.2 Å². The molecule has 1 amide bonds. The van der Waals surface area contributed by atoms with E-state index < -0.39 is 10.0 Å². The van der Waals surface area contributed by atoms with Gasteiger partial charge in [-0.2, -0.15) is 4.31 Å². The summed E-state index contributed by atoms with van der Waals surface area (Å²) in [5.41, 5.74) is 8.22. The first-order valence-electron chi connectivity index (χ1n) is 8.53. The van der Waals surface area contributed by atoms with E-state index in [2.05, 4.69) is 5.32 Å². The average molecular weight is 375 g/mol. The smallest absolute Gasteiger partial charge is 0.243 e. The summed E-state index contributed by atoms with van der Waals surface area (Å²) in [6, 6.07) is 12.0. The largest absolute Gasteiger partial charge is 0.399 e. The van der Waals surface area contributed by atoms with E-state index in [1.54, 1.807) is 57.2 Å². The van der Waals surface area contributed by atoms with Crippen molar-refractivity contribution in [3.05, 3.63) is 53.6 Å². The van der Waals surface area contributed by atoms with E-state index in [0.717, 1.165) is 5.56 Å². The van der Waals surface area contributed by atoms with E-state index in [4.69, 9.17) is 5.73 Å². The van der Waals surface area contributed by atoms with Crippen molar-refractivity contribution in [2.24, 2.45) is 0 Å². The van der Waals surface area contributed by atoms with Crippen LogP contribution in [0.1, 0.15) is 25.0 Å². The molecule has 0 aliphatic rings. The van der Waals surface area contributed by atoms with Crippen LogP contribution in [0, 0.1) is 6.92 Å². The number of hydrogen-bond acceptors (Lipinski definition) is 4. The zero-order valence-corrected chi connectivity index (χ0v) is 16.1. The minimum atomic E-state index is -3.59. The van der Waals surface area contributed by atoms with Gasteiger partial charge in [0.2, 0.25) is 15.9 Å². The molecule has 6 nitrogen and oxygen atoms in total. The van der Waals surface area contributed by atoms with Gasteiger partial charge >= 0.3 is 0 Å². The number of nitrogen functional groups attached to an aromatic ring is 1. The summed E-state index contributed by atoms with van der Waals surface area (Å²) in [7, 11) is -3.59. The fourth-order valence-electron chi connectivity index (χ4n) is 2.68. The number of carbonyl (C=O) groups is 1. The van der Waals surface area contributed by atoms with Crippen LogP contribution >= 0.6 is 0 Å². The molecule has 0 unspecified atom stereocenters. The van der Waals surface area contributed by atoms with E-state index in [1.165, 1.54) is 10.4 Å². The molecule has 0 heterocycles. The number of carbonyl (C=O) groups excluding carboxylic acids is 1. The van der Waals surface area contributed by atoms with Gasteiger partial charge in [-0.3, -0.25) is 4.79 Å². The van der Waals surface area contributed by atoms with Crippen molar-refractivity contribution >= 4 is 27.3 Å². The highest BCUT2D eigenvalue weighted by Gasteiger charge is 2.24. The van der Waals surface area contributed by atoms with Crippen molar-refractivity contribution in [3.63, 3.8) is 0 Å². The topological polar surface area (TPSA) is 92.5 Å². The molecule has 0 fully saturated rings. The molecule has 0 bridgehead atoms. The Morgan fingerprint density at radius 2 is 1.69 bits per heavy atom. The Bertz CT molecular complexity index is 873. The van der Waals surface area contributed by atoms with E-state index in [-0.39, 0.29) is 17.2 Å². The molecule has 26 heavy (non-hydrogen) atoms. The van der Waals surface area contributed by atoms with Crippen LogP contribution in [-0.2, 0) is 21.2 Å². The average Bonchev–Trinajstić information content (AvgIpc) is 2.59. The number of nitrogens with two attached hydrogens (primary N) is 1. The van der Waals surface area contributed by atoms with E-state index >= 15 is 0 Å². The molecule has 2 rings (SSSR count). The lowest BCUT2D eigenvalue weighted by atomic mass is 10.1. The lowest BCUT2D eigenvalue weighted by Gasteiger charge is -2.20. The highest BCUT2D eigenvalue weighted by molar-refractivity contribution is 7.89. The maximum atomic E-state index is 12.8. The molecular formula is C19H25N3O3S. The number of nitrogens with zero attached hydrogens (tertiary/aromatic N) is 1. The Balaban J connectivity index is 2.21. The number of rotatable bonds is 7. The first kappa shape index (κ1) is 19.9. The van der Waals surface area contributed by atoms with Crippen LogP contribution in [-0.4, -0.2) is 31.7 Å². The van der Waals surface area contributed by atoms with Crippen LogP contribution in [0.25, 0.3) is 0 Å².